The third-order valence-electron chi connectivity index (χ3n) is 14.5. The van der Waals surface area contributed by atoms with Gasteiger partial charge in [-0.25, -0.2) is 62.7 Å². The van der Waals surface area contributed by atoms with Crippen molar-refractivity contribution in [1.29, 1.82) is 0 Å². The predicted molar refractivity (Wildman–Crippen MR) is 336 cm³/mol. The second kappa shape index (κ2) is 27.1. The highest BCUT2D eigenvalue weighted by Gasteiger charge is 2.31. The molecule has 0 radical (unpaired) electrons. The summed E-state index contributed by atoms with van der Waals surface area (Å²) in [7, 11) is 0. The molecule has 13 rings (SSSR count). The van der Waals surface area contributed by atoms with Crippen molar-refractivity contribution in [3.05, 3.63) is 341 Å². The van der Waals surface area contributed by atoms with Gasteiger partial charge in [-0.3, -0.25) is 0 Å². The Morgan fingerprint density at radius 2 is 0.435 bits per heavy atom. The number of hydrogen-bond donors (Lipinski definition) is 4. The first-order chi connectivity index (χ1) is 44.1. The van der Waals surface area contributed by atoms with Crippen LogP contribution in [0.15, 0.2) is 203 Å². The number of rotatable bonds is 6. The minimum Gasteiger partial charge on any atom is -0.354 e. The second-order valence-corrected chi connectivity index (χ2v) is 23.9. The Balaban J connectivity index is 0.00000103. The van der Waals surface area contributed by atoms with E-state index in [9.17, 15) is 0 Å². The van der Waals surface area contributed by atoms with Gasteiger partial charge in [-0.15, -0.1) is 0 Å². The molecular formula is C68H36Cl6F12N6. The van der Waals surface area contributed by atoms with Gasteiger partial charge >= 0.3 is 0 Å². The molecular weight excluding hydrogens is 1340 g/mol. The van der Waals surface area contributed by atoms with E-state index >= 15 is 52.7 Å². The van der Waals surface area contributed by atoms with Crippen LogP contribution in [0, 0.1) is 69.8 Å². The Hall–Kier alpha value is -8.88. The highest BCUT2D eigenvalue weighted by atomic mass is 35.6. The summed E-state index contributed by atoms with van der Waals surface area (Å²) < 4.78 is 195. The van der Waals surface area contributed by atoms with Crippen LogP contribution in [-0.2, 0) is 0 Å². The van der Waals surface area contributed by atoms with E-state index in [0.717, 1.165) is 109 Å². The standard InChI is InChI=1S/C66H34F12N6.2CHCl3/c67-31-7-1-8-32(68)55(31)61-43-19-21-45(79-43)62(56-33(69)9-2-10-34(56)70)47-23-25-49(81-47)64(58-37(73)13-4-14-38(58)74)51-27-29-53(83-51)66(60-41(77)17-6-18-42(60)78)54-30-28-52(84-54)65(59-39(75)15-5-16-40(59)76)50-26-24-48(82-50)63(46-22-20-44(61)80-46)57-35(71)11-3-12-36(57)72;2*2-1(3)4/h1-30,79-80,83-84H;2*1H. The Labute approximate surface area is 543 Å². The quantitative estimate of drug-likeness (QED) is 0.0944. The molecule has 3 aliphatic heterocycles. The van der Waals surface area contributed by atoms with Crippen molar-refractivity contribution in [3.63, 3.8) is 0 Å². The van der Waals surface area contributed by atoms with Crippen LogP contribution in [0.3, 0.4) is 0 Å². The topological polar surface area (TPSA) is 87.9 Å². The number of halogens is 18. The van der Waals surface area contributed by atoms with Crippen LogP contribution in [0.1, 0.15) is 56.2 Å². The van der Waals surface area contributed by atoms with Gasteiger partial charge in [-0.2, -0.15) is 0 Å². The van der Waals surface area contributed by atoms with E-state index in [4.69, 9.17) is 79.6 Å². The fraction of sp³-hybridized carbons (Fsp3) is 0.0294. The Morgan fingerprint density at radius 1 is 0.239 bits per heavy atom. The molecule has 24 heteroatoms. The van der Waals surface area contributed by atoms with Gasteiger partial charge in [-0.05, 0) is 146 Å². The molecule has 7 heterocycles. The molecule has 92 heavy (non-hydrogen) atoms. The molecule has 6 aromatic carbocycles. The zero-order valence-corrected chi connectivity index (χ0v) is 50.7. The van der Waals surface area contributed by atoms with Crippen molar-refractivity contribution in [2.24, 2.45) is 9.98 Å². The Morgan fingerprint density at radius 3 is 0.674 bits per heavy atom. The predicted octanol–water partition coefficient (Wildman–Crippen LogP) is 16.8. The van der Waals surface area contributed by atoms with Gasteiger partial charge in [0.15, 0.2) is 8.59 Å². The lowest BCUT2D eigenvalue weighted by molar-refractivity contribution is 0.576. The molecule has 12 bridgehead atoms. The highest BCUT2D eigenvalue weighted by Crippen LogP contribution is 2.39. The molecule has 0 fully saturated rings. The van der Waals surface area contributed by atoms with Gasteiger partial charge in [-0.1, -0.05) is 106 Å². The fourth-order valence-electron chi connectivity index (χ4n) is 10.9. The summed E-state index contributed by atoms with van der Waals surface area (Å²) in [5, 5.41) is -0.419. The molecule has 0 spiro atoms. The molecule has 0 aliphatic carbocycles. The fourth-order valence-corrected chi connectivity index (χ4v) is 10.9. The number of H-pyrrole nitrogens is 4. The van der Waals surface area contributed by atoms with Crippen LogP contribution >= 0.6 is 69.6 Å². The molecule has 0 unspecified atom stereocenters. The summed E-state index contributed by atoms with van der Waals surface area (Å²) in [4.78, 5) is 21.7. The number of hydrogen-bond acceptors (Lipinski definition) is 2. The van der Waals surface area contributed by atoms with Crippen molar-refractivity contribution in [3.8, 4) is 0 Å². The summed E-state index contributed by atoms with van der Waals surface area (Å²) in [5.41, 5.74) is -6.77. The van der Waals surface area contributed by atoms with E-state index in [0.29, 0.717) is 0 Å². The largest absolute Gasteiger partial charge is 0.354 e. The van der Waals surface area contributed by atoms with E-state index < -0.39 is 112 Å². The number of nitrogens with zero attached hydrogens (tertiary/aromatic N) is 2. The van der Waals surface area contributed by atoms with Crippen molar-refractivity contribution in [2.45, 2.75) is 8.59 Å². The summed E-state index contributed by atoms with van der Waals surface area (Å²) in [5.74, 6) is -13.1. The molecule has 4 aromatic heterocycles. The summed E-state index contributed by atoms with van der Waals surface area (Å²) in [6.07, 6.45) is 5.23. The second-order valence-electron chi connectivity index (χ2n) is 19.9. The van der Waals surface area contributed by atoms with E-state index in [-0.39, 0.29) is 100 Å². The van der Waals surface area contributed by atoms with E-state index in [2.05, 4.69) is 19.9 Å². The van der Waals surface area contributed by atoms with Crippen molar-refractivity contribution in [2.75, 3.05) is 0 Å². The lowest BCUT2D eigenvalue weighted by Gasteiger charge is -2.13. The monoisotopic (exact) mass is 1370 g/mol. The number of aliphatic imine (C=N–C) groups is 2. The molecule has 0 saturated carbocycles. The zero-order chi connectivity index (χ0) is 65.4. The van der Waals surface area contributed by atoms with Gasteiger partial charge in [0.05, 0.1) is 56.2 Å². The van der Waals surface area contributed by atoms with Crippen molar-refractivity contribution in [1.82, 2.24) is 19.9 Å². The van der Waals surface area contributed by atoms with Gasteiger partial charge in [0.1, 0.15) is 69.8 Å². The van der Waals surface area contributed by atoms with Crippen molar-refractivity contribution < 1.29 is 52.7 Å². The number of nitrogens with one attached hydrogen (secondary N) is 4. The Bertz CT molecular complexity index is 4650. The van der Waals surface area contributed by atoms with Crippen LogP contribution in [-0.4, -0.2) is 40.0 Å². The maximum absolute atomic E-state index is 16.4. The normalized spacial score (nSPS) is 13.8. The average molecular weight is 1380 g/mol. The molecule has 3 aliphatic rings. The van der Waals surface area contributed by atoms with E-state index in [1.165, 1.54) is 72.8 Å². The first-order valence-electron chi connectivity index (χ1n) is 26.9. The third kappa shape index (κ3) is 12.9. The number of benzene rings is 6. The van der Waals surface area contributed by atoms with Crippen LogP contribution in [0.5, 0.6) is 0 Å². The highest BCUT2D eigenvalue weighted by molar-refractivity contribution is 6.63. The van der Waals surface area contributed by atoms with Crippen LogP contribution in [0.25, 0.3) is 33.4 Å². The van der Waals surface area contributed by atoms with Gasteiger partial charge in [0, 0.05) is 77.6 Å². The summed E-state index contributed by atoms with van der Waals surface area (Å²) >= 11 is 28.8. The minimum absolute atomic E-state index is 0.0976. The van der Waals surface area contributed by atoms with Crippen LogP contribution in [0.4, 0.5) is 52.7 Å². The van der Waals surface area contributed by atoms with Crippen LogP contribution in [0.2, 0.25) is 0 Å². The van der Waals surface area contributed by atoms with Crippen LogP contribution < -0.4 is 21.4 Å². The number of allylic oxidation sites excluding steroid dienone is 4. The molecule has 4 N–H and O–H groups in total. The van der Waals surface area contributed by atoms with E-state index in [1.54, 1.807) is 0 Å². The molecule has 6 nitrogen and oxygen atoms in total. The first kappa shape index (κ1) is 64.6. The number of aromatic amines is 4. The number of alkyl halides is 6. The molecule has 0 atom stereocenters. The van der Waals surface area contributed by atoms with Gasteiger partial charge in [0.2, 0.25) is 0 Å². The van der Waals surface area contributed by atoms with E-state index in [1.807, 2.05) is 0 Å². The average Bonchev–Trinajstić information content (AvgIpc) is 1.61. The number of aromatic nitrogens is 4. The smallest absolute Gasteiger partial charge is 0.180 e. The lowest BCUT2D eigenvalue weighted by atomic mass is 9.99. The summed E-state index contributed by atoms with van der Waals surface area (Å²) in [6, 6.07) is 29.1. The lowest BCUT2D eigenvalue weighted by Crippen LogP contribution is -2.21. The SMILES string of the molecule is ClC(Cl)Cl.ClC(Cl)Cl.Fc1cccc(F)c1C1=C2C=CC(=N2)C(c2c(F)cccc2F)=c2ccc([nH]2)=C(c2c(F)cccc2F)c2ccc([nH]2)C(c2c(F)cccc2F)=C2C=CC(=N2)C(c2c(F)cccc2F)=c2ccc([nH]2)=C(c2c(F)cccc2F)c2ccc1[nH]2. The van der Waals surface area contributed by atoms with Gasteiger partial charge < -0.3 is 19.9 Å². The number of fused-ring (bicyclic) bond motifs is 10. The summed E-state index contributed by atoms with van der Waals surface area (Å²) in [6.45, 7) is 0. The third-order valence-corrected chi connectivity index (χ3v) is 14.5. The Kier molecular flexibility index (Phi) is 19.1. The molecule has 0 saturated heterocycles. The maximum Gasteiger partial charge on any atom is 0.180 e. The van der Waals surface area contributed by atoms with Gasteiger partial charge in [0.25, 0.3) is 0 Å². The maximum atomic E-state index is 16.4. The molecule has 10 aromatic rings. The zero-order valence-electron chi connectivity index (χ0n) is 46.2. The minimum atomic E-state index is -1.09. The van der Waals surface area contributed by atoms with Crippen molar-refractivity contribution >= 4 is 114 Å². The molecule has 0 amide bonds. The first-order valence-corrected chi connectivity index (χ1v) is 29.5. The molecule has 464 valence electrons.